The normalized spacial score (nSPS) is 11.1. The van der Waals surface area contributed by atoms with Gasteiger partial charge in [-0.3, -0.25) is 0 Å². The molecule has 0 aliphatic rings. The Kier molecular flexibility index (Phi) is 2.74. The molecule has 0 spiro atoms. The van der Waals surface area contributed by atoms with Crippen LogP contribution in [0.15, 0.2) is 24.3 Å². The van der Waals surface area contributed by atoms with Gasteiger partial charge < -0.3 is 10.2 Å². The number of aliphatic carboxylic acids is 2. The fraction of sp³-hybridized carbons (Fsp3) is 0.200. The molecule has 0 fully saturated rings. The average molecular weight is 212 g/mol. The summed E-state index contributed by atoms with van der Waals surface area (Å²) in [4.78, 5) is 21.2. The number of carbonyl (C=O) groups is 2. The van der Waals surface area contributed by atoms with Crippen molar-refractivity contribution in [1.29, 1.82) is 0 Å². The molecule has 0 radical (unpaired) electrons. The lowest BCUT2D eigenvalue weighted by atomic mass is 9.95. The molecule has 0 amide bonds. The number of hydrogen-bond donors (Lipinski definition) is 2. The van der Waals surface area contributed by atoms with Gasteiger partial charge in [0.2, 0.25) is 0 Å². The summed E-state index contributed by atoms with van der Waals surface area (Å²) in [6.45, 7) is 1.73. The maximum absolute atomic E-state index is 13.7. The molecule has 0 heterocycles. The highest BCUT2D eigenvalue weighted by Gasteiger charge is 2.49. The van der Waals surface area contributed by atoms with Gasteiger partial charge >= 0.3 is 17.6 Å². The number of halogens is 1. The first kappa shape index (κ1) is 11.2. The van der Waals surface area contributed by atoms with Gasteiger partial charge in [0.15, 0.2) is 0 Å². The number of carboxylic acids is 2. The Labute approximate surface area is 85.0 Å². The van der Waals surface area contributed by atoms with Crippen molar-refractivity contribution in [1.82, 2.24) is 0 Å². The van der Waals surface area contributed by atoms with Crippen LogP contribution in [-0.4, -0.2) is 22.2 Å². The van der Waals surface area contributed by atoms with Crippen LogP contribution in [0.25, 0.3) is 0 Å². The van der Waals surface area contributed by atoms with E-state index < -0.39 is 23.2 Å². The third-order valence-electron chi connectivity index (χ3n) is 2.04. The standard InChI is InChI=1S/C10H9FO4/c1-6-2-4-7(5-3-6)10(11,8(12)13)9(14)15/h2-5H,1H3,(H,12,13)(H,14,15). The van der Waals surface area contributed by atoms with E-state index in [-0.39, 0.29) is 0 Å². The largest absolute Gasteiger partial charge is 0.478 e. The molecule has 4 nitrogen and oxygen atoms in total. The van der Waals surface area contributed by atoms with Gasteiger partial charge in [0.25, 0.3) is 0 Å². The monoisotopic (exact) mass is 212 g/mol. The average Bonchev–Trinajstić information content (AvgIpc) is 2.17. The zero-order valence-electron chi connectivity index (χ0n) is 7.90. The summed E-state index contributed by atoms with van der Waals surface area (Å²) in [6.07, 6.45) is 0. The number of rotatable bonds is 3. The highest BCUT2D eigenvalue weighted by Crippen LogP contribution is 2.27. The van der Waals surface area contributed by atoms with E-state index in [0.29, 0.717) is 0 Å². The first-order valence-corrected chi connectivity index (χ1v) is 4.12. The van der Waals surface area contributed by atoms with Crippen molar-refractivity contribution >= 4 is 11.9 Å². The molecule has 0 aliphatic carbocycles. The Bertz CT molecular complexity index is 382. The molecule has 0 aromatic heterocycles. The van der Waals surface area contributed by atoms with Crippen LogP contribution >= 0.6 is 0 Å². The zero-order chi connectivity index (χ0) is 11.6. The van der Waals surface area contributed by atoms with E-state index >= 15 is 0 Å². The molecule has 0 bridgehead atoms. The second-order valence-corrected chi connectivity index (χ2v) is 3.13. The molecule has 2 N–H and O–H groups in total. The molecule has 0 saturated heterocycles. The Morgan fingerprint density at radius 2 is 1.53 bits per heavy atom. The fourth-order valence-corrected chi connectivity index (χ4v) is 1.12. The van der Waals surface area contributed by atoms with Gasteiger partial charge in [0.05, 0.1) is 0 Å². The van der Waals surface area contributed by atoms with Gasteiger partial charge in [-0.1, -0.05) is 29.8 Å². The summed E-state index contributed by atoms with van der Waals surface area (Å²) in [6, 6.07) is 5.21. The van der Waals surface area contributed by atoms with Gasteiger partial charge in [-0.25, -0.2) is 14.0 Å². The first-order chi connectivity index (χ1) is 6.89. The minimum absolute atomic E-state index is 0.395. The van der Waals surface area contributed by atoms with Gasteiger partial charge in [-0.05, 0) is 6.92 Å². The number of benzene rings is 1. The van der Waals surface area contributed by atoms with E-state index in [4.69, 9.17) is 10.2 Å². The van der Waals surface area contributed by atoms with Crippen molar-refractivity contribution in [2.75, 3.05) is 0 Å². The SMILES string of the molecule is Cc1ccc(C(F)(C(=O)O)C(=O)O)cc1. The Balaban J connectivity index is 3.28. The van der Waals surface area contributed by atoms with Gasteiger partial charge in [0.1, 0.15) is 0 Å². The Hall–Kier alpha value is -1.91. The summed E-state index contributed by atoms with van der Waals surface area (Å²) < 4.78 is 13.7. The van der Waals surface area contributed by atoms with E-state index in [2.05, 4.69) is 0 Å². The molecular weight excluding hydrogens is 203 g/mol. The highest BCUT2D eigenvalue weighted by molar-refractivity contribution is 6.02. The van der Waals surface area contributed by atoms with Crippen LogP contribution in [0.3, 0.4) is 0 Å². The maximum Gasteiger partial charge on any atom is 0.358 e. The molecule has 80 valence electrons. The fourth-order valence-electron chi connectivity index (χ4n) is 1.12. The second kappa shape index (κ2) is 3.68. The van der Waals surface area contributed by atoms with E-state index in [1.54, 1.807) is 6.92 Å². The molecule has 0 unspecified atom stereocenters. The van der Waals surface area contributed by atoms with E-state index in [1.165, 1.54) is 12.1 Å². The topological polar surface area (TPSA) is 74.6 Å². The molecule has 1 aromatic rings. The molecule has 0 saturated carbocycles. The molecule has 0 aliphatic heterocycles. The summed E-state index contributed by atoms with van der Waals surface area (Å²) in [7, 11) is 0. The van der Waals surface area contributed by atoms with E-state index in [9.17, 15) is 14.0 Å². The van der Waals surface area contributed by atoms with E-state index in [0.717, 1.165) is 17.7 Å². The third-order valence-corrected chi connectivity index (χ3v) is 2.04. The number of carboxylic acid groups (broad SMARTS) is 2. The molecule has 5 heteroatoms. The summed E-state index contributed by atoms with van der Waals surface area (Å²) in [5, 5.41) is 17.1. The van der Waals surface area contributed by atoms with Crippen molar-refractivity contribution in [2.45, 2.75) is 12.6 Å². The first-order valence-electron chi connectivity index (χ1n) is 4.12. The third kappa shape index (κ3) is 1.81. The number of hydrogen-bond acceptors (Lipinski definition) is 2. The van der Waals surface area contributed by atoms with Crippen LogP contribution in [0, 0.1) is 6.92 Å². The summed E-state index contributed by atoms with van der Waals surface area (Å²) in [5.41, 5.74) is -2.99. The predicted octanol–water partition coefficient (Wildman–Crippen LogP) is 1.33. The lowest BCUT2D eigenvalue weighted by Gasteiger charge is -2.15. The van der Waals surface area contributed by atoms with Crippen LogP contribution in [0.2, 0.25) is 0 Å². The predicted molar refractivity (Wildman–Crippen MR) is 49.2 cm³/mol. The zero-order valence-corrected chi connectivity index (χ0v) is 7.90. The van der Waals surface area contributed by atoms with Crippen LogP contribution in [0.4, 0.5) is 4.39 Å². The number of alkyl halides is 1. The lowest BCUT2D eigenvalue weighted by Crippen LogP contribution is -2.39. The van der Waals surface area contributed by atoms with Crippen molar-refractivity contribution in [3.63, 3.8) is 0 Å². The van der Waals surface area contributed by atoms with Gasteiger partial charge in [-0.15, -0.1) is 0 Å². The second-order valence-electron chi connectivity index (χ2n) is 3.13. The Morgan fingerprint density at radius 3 is 1.87 bits per heavy atom. The molecule has 1 aromatic carbocycles. The summed E-state index contributed by atoms with van der Waals surface area (Å²) >= 11 is 0. The van der Waals surface area contributed by atoms with E-state index in [1.807, 2.05) is 0 Å². The molecular formula is C10H9FO4. The molecule has 15 heavy (non-hydrogen) atoms. The smallest absolute Gasteiger partial charge is 0.358 e. The van der Waals surface area contributed by atoms with Crippen molar-refractivity contribution in [2.24, 2.45) is 0 Å². The van der Waals surface area contributed by atoms with Gasteiger partial charge in [0, 0.05) is 5.56 Å². The highest BCUT2D eigenvalue weighted by atomic mass is 19.1. The quantitative estimate of drug-likeness (QED) is 0.741. The van der Waals surface area contributed by atoms with Crippen molar-refractivity contribution in [3.05, 3.63) is 35.4 Å². The van der Waals surface area contributed by atoms with Crippen LogP contribution in [0.1, 0.15) is 11.1 Å². The number of aryl methyl sites for hydroxylation is 1. The van der Waals surface area contributed by atoms with Crippen molar-refractivity contribution in [3.8, 4) is 0 Å². The van der Waals surface area contributed by atoms with Gasteiger partial charge in [-0.2, -0.15) is 0 Å². The Morgan fingerprint density at radius 1 is 1.13 bits per heavy atom. The molecule has 0 atom stereocenters. The minimum Gasteiger partial charge on any atom is -0.478 e. The van der Waals surface area contributed by atoms with Crippen LogP contribution in [0.5, 0.6) is 0 Å². The summed E-state index contributed by atoms with van der Waals surface area (Å²) in [5.74, 6) is -4.06. The maximum atomic E-state index is 13.7. The van der Waals surface area contributed by atoms with Crippen LogP contribution in [-0.2, 0) is 15.3 Å². The van der Waals surface area contributed by atoms with Crippen molar-refractivity contribution < 1.29 is 24.2 Å². The minimum atomic E-state index is -3.38. The van der Waals surface area contributed by atoms with Crippen LogP contribution < -0.4 is 0 Å². The lowest BCUT2D eigenvalue weighted by molar-refractivity contribution is -0.167. The molecule has 1 rings (SSSR count).